The van der Waals surface area contributed by atoms with Crippen LogP contribution < -0.4 is 21.7 Å². The summed E-state index contributed by atoms with van der Waals surface area (Å²) in [5.41, 5.74) is 5.86. The van der Waals surface area contributed by atoms with Crippen LogP contribution in [0.1, 0.15) is 33.6 Å². The van der Waals surface area contributed by atoms with Crippen molar-refractivity contribution in [3.8, 4) is 0 Å². The van der Waals surface area contributed by atoms with Crippen molar-refractivity contribution in [1.82, 2.24) is 16.0 Å². The standard InChI is InChI=1S/C18H34N4O7S/c1-5-9(2)13(19)16(26)22-14(10(3)24)17(27)20-11(6-7-30-4)15(25)21-12(8-23)18(28)29/h9-14,23-24H,5-8,19H2,1-4H3,(H,20,27)(H,21,25)(H,22,26)(H,28,29). The number of thioether (sulfide) groups is 1. The Morgan fingerprint density at radius 1 is 1.00 bits per heavy atom. The highest BCUT2D eigenvalue weighted by Crippen LogP contribution is 2.07. The molecule has 0 saturated heterocycles. The van der Waals surface area contributed by atoms with Gasteiger partial charge in [0, 0.05) is 0 Å². The molecular formula is C18H34N4O7S. The van der Waals surface area contributed by atoms with E-state index < -0.39 is 60.6 Å². The molecule has 0 fully saturated rings. The molecule has 174 valence electrons. The molecule has 8 N–H and O–H groups in total. The van der Waals surface area contributed by atoms with Gasteiger partial charge in [-0.1, -0.05) is 20.3 Å². The van der Waals surface area contributed by atoms with E-state index >= 15 is 0 Å². The number of carbonyl (C=O) groups excluding carboxylic acids is 3. The van der Waals surface area contributed by atoms with E-state index in [4.69, 9.17) is 15.9 Å². The van der Waals surface area contributed by atoms with Crippen molar-refractivity contribution in [3.05, 3.63) is 0 Å². The van der Waals surface area contributed by atoms with Gasteiger partial charge in [0.05, 0.1) is 18.8 Å². The number of carboxylic acids is 1. The van der Waals surface area contributed by atoms with E-state index in [-0.39, 0.29) is 12.3 Å². The van der Waals surface area contributed by atoms with Gasteiger partial charge in [-0.2, -0.15) is 11.8 Å². The van der Waals surface area contributed by atoms with Gasteiger partial charge in [-0.15, -0.1) is 0 Å². The lowest BCUT2D eigenvalue weighted by molar-refractivity contribution is -0.143. The van der Waals surface area contributed by atoms with Crippen LogP contribution in [-0.4, -0.2) is 87.9 Å². The highest BCUT2D eigenvalue weighted by atomic mass is 32.2. The van der Waals surface area contributed by atoms with Crippen molar-refractivity contribution >= 4 is 35.5 Å². The Morgan fingerprint density at radius 2 is 1.57 bits per heavy atom. The lowest BCUT2D eigenvalue weighted by atomic mass is 9.98. The van der Waals surface area contributed by atoms with Crippen molar-refractivity contribution in [3.63, 3.8) is 0 Å². The van der Waals surface area contributed by atoms with Crippen molar-refractivity contribution in [2.75, 3.05) is 18.6 Å². The molecule has 0 aromatic heterocycles. The summed E-state index contributed by atoms with van der Waals surface area (Å²) in [6, 6.07) is -4.88. The van der Waals surface area contributed by atoms with Gasteiger partial charge >= 0.3 is 5.97 Å². The number of carboxylic acid groups (broad SMARTS) is 1. The Kier molecular flexibility index (Phi) is 13.3. The van der Waals surface area contributed by atoms with Gasteiger partial charge in [0.25, 0.3) is 0 Å². The third-order valence-corrected chi connectivity index (χ3v) is 5.31. The number of hydrogen-bond donors (Lipinski definition) is 7. The average Bonchev–Trinajstić information content (AvgIpc) is 2.70. The fourth-order valence-corrected chi connectivity index (χ4v) is 2.86. The van der Waals surface area contributed by atoms with Crippen molar-refractivity contribution < 1.29 is 34.5 Å². The van der Waals surface area contributed by atoms with E-state index in [0.717, 1.165) is 0 Å². The molecule has 0 heterocycles. The van der Waals surface area contributed by atoms with Crippen LogP contribution >= 0.6 is 11.8 Å². The zero-order valence-electron chi connectivity index (χ0n) is 17.8. The lowest BCUT2D eigenvalue weighted by Crippen LogP contribution is -2.60. The first-order chi connectivity index (χ1) is 14.0. The molecule has 0 aromatic rings. The summed E-state index contributed by atoms with van der Waals surface area (Å²) in [5, 5.41) is 35.0. The van der Waals surface area contributed by atoms with Gasteiger partial charge in [0.1, 0.15) is 18.1 Å². The maximum Gasteiger partial charge on any atom is 0.328 e. The zero-order chi connectivity index (χ0) is 23.4. The van der Waals surface area contributed by atoms with Crippen LogP contribution in [0.5, 0.6) is 0 Å². The van der Waals surface area contributed by atoms with Crippen LogP contribution in [0.4, 0.5) is 0 Å². The van der Waals surface area contributed by atoms with E-state index in [1.165, 1.54) is 18.7 Å². The quantitative estimate of drug-likeness (QED) is 0.157. The van der Waals surface area contributed by atoms with Crippen LogP contribution in [-0.2, 0) is 19.2 Å². The van der Waals surface area contributed by atoms with Gasteiger partial charge < -0.3 is 37.0 Å². The van der Waals surface area contributed by atoms with Crippen molar-refractivity contribution in [1.29, 1.82) is 0 Å². The fraction of sp³-hybridized carbons (Fsp3) is 0.778. The summed E-state index contributed by atoms with van der Waals surface area (Å²) >= 11 is 1.41. The Hall–Kier alpha value is -1.89. The first-order valence-electron chi connectivity index (χ1n) is 9.67. The second kappa shape index (κ2) is 14.2. The molecule has 0 rings (SSSR count). The van der Waals surface area contributed by atoms with E-state index in [9.17, 15) is 24.3 Å². The van der Waals surface area contributed by atoms with E-state index in [0.29, 0.717) is 12.2 Å². The summed E-state index contributed by atoms with van der Waals surface area (Å²) < 4.78 is 0. The number of aliphatic hydroxyl groups is 2. The minimum absolute atomic E-state index is 0.144. The molecule has 6 unspecified atom stereocenters. The third kappa shape index (κ3) is 9.28. The SMILES string of the molecule is CCC(C)C(N)C(=O)NC(C(=O)NC(CCSC)C(=O)NC(CO)C(=O)O)C(C)O. The minimum atomic E-state index is -1.52. The number of rotatable bonds is 14. The average molecular weight is 451 g/mol. The van der Waals surface area contributed by atoms with E-state index in [2.05, 4.69) is 16.0 Å². The fourth-order valence-electron chi connectivity index (χ4n) is 2.39. The van der Waals surface area contributed by atoms with Crippen LogP contribution in [0.3, 0.4) is 0 Å². The number of hydrogen-bond acceptors (Lipinski definition) is 8. The van der Waals surface area contributed by atoms with Crippen molar-refractivity contribution in [2.45, 2.75) is 63.9 Å². The smallest absolute Gasteiger partial charge is 0.328 e. The maximum absolute atomic E-state index is 12.7. The summed E-state index contributed by atoms with van der Waals surface area (Å²) in [6.07, 6.45) is 1.34. The monoisotopic (exact) mass is 450 g/mol. The zero-order valence-corrected chi connectivity index (χ0v) is 18.6. The Bertz CT molecular complexity index is 591. The molecule has 6 atom stereocenters. The predicted molar refractivity (Wildman–Crippen MR) is 113 cm³/mol. The molecule has 3 amide bonds. The van der Waals surface area contributed by atoms with Crippen molar-refractivity contribution in [2.24, 2.45) is 11.7 Å². The normalized spacial score (nSPS) is 17.0. The first-order valence-corrected chi connectivity index (χ1v) is 11.1. The third-order valence-electron chi connectivity index (χ3n) is 4.66. The van der Waals surface area contributed by atoms with E-state index in [1.807, 2.05) is 6.92 Å². The molecule has 0 saturated carbocycles. The molecule has 12 heteroatoms. The van der Waals surface area contributed by atoms with Crippen LogP contribution in [0.2, 0.25) is 0 Å². The predicted octanol–water partition coefficient (Wildman–Crippen LogP) is -1.97. The topological polar surface area (TPSA) is 191 Å². The molecule has 11 nitrogen and oxygen atoms in total. The first kappa shape index (κ1) is 28.1. The number of aliphatic hydroxyl groups excluding tert-OH is 2. The molecule has 0 radical (unpaired) electrons. The number of aliphatic carboxylic acids is 1. The largest absolute Gasteiger partial charge is 0.480 e. The minimum Gasteiger partial charge on any atom is -0.480 e. The van der Waals surface area contributed by atoms with Gasteiger partial charge in [0.15, 0.2) is 0 Å². The summed E-state index contributed by atoms with van der Waals surface area (Å²) in [7, 11) is 0. The Balaban J connectivity index is 5.32. The molecule has 0 aliphatic heterocycles. The highest BCUT2D eigenvalue weighted by Gasteiger charge is 2.32. The van der Waals surface area contributed by atoms with Crippen LogP contribution in [0.25, 0.3) is 0 Å². The molecular weight excluding hydrogens is 416 g/mol. The maximum atomic E-state index is 12.7. The molecule has 0 bridgehead atoms. The van der Waals surface area contributed by atoms with Gasteiger partial charge in [-0.3, -0.25) is 14.4 Å². The lowest BCUT2D eigenvalue weighted by Gasteiger charge is -2.27. The number of carbonyl (C=O) groups is 4. The molecule has 0 aliphatic rings. The second-order valence-electron chi connectivity index (χ2n) is 7.06. The van der Waals surface area contributed by atoms with E-state index in [1.54, 1.807) is 13.2 Å². The Morgan fingerprint density at radius 3 is 2.00 bits per heavy atom. The van der Waals surface area contributed by atoms with Gasteiger partial charge in [-0.25, -0.2) is 4.79 Å². The van der Waals surface area contributed by atoms with Gasteiger partial charge in [0.2, 0.25) is 17.7 Å². The molecule has 0 aromatic carbocycles. The van der Waals surface area contributed by atoms with Gasteiger partial charge in [-0.05, 0) is 31.3 Å². The summed E-state index contributed by atoms with van der Waals surface area (Å²) in [5.74, 6) is -3.32. The highest BCUT2D eigenvalue weighted by molar-refractivity contribution is 7.98. The van der Waals surface area contributed by atoms with Crippen LogP contribution in [0.15, 0.2) is 0 Å². The number of nitrogens with one attached hydrogen (secondary N) is 3. The molecule has 30 heavy (non-hydrogen) atoms. The number of amides is 3. The summed E-state index contributed by atoms with van der Waals surface area (Å²) in [4.78, 5) is 48.4. The number of nitrogens with two attached hydrogens (primary N) is 1. The molecule has 0 aliphatic carbocycles. The second-order valence-corrected chi connectivity index (χ2v) is 8.05. The molecule has 0 spiro atoms. The van der Waals surface area contributed by atoms with Crippen LogP contribution in [0, 0.1) is 5.92 Å². The summed E-state index contributed by atoms with van der Waals surface area (Å²) in [6.45, 7) is 4.14. The Labute approximate surface area is 180 Å².